The molecule has 0 radical (unpaired) electrons. The van der Waals surface area contributed by atoms with Gasteiger partial charge in [0, 0.05) is 5.02 Å². The molecule has 1 aliphatic carbocycles. The number of carbonyl (C=O) groups excluding carboxylic acids is 1. The molecule has 21 heavy (non-hydrogen) atoms. The Labute approximate surface area is 135 Å². The zero-order valence-electron chi connectivity index (χ0n) is 11.9. The summed E-state index contributed by atoms with van der Waals surface area (Å²) in [5.74, 6) is 0.386. The van der Waals surface area contributed by atoms with Crippen LogP contribution in [0.5, 0.6) is 5.75 Å². The van der Waals surface area contributed by atoms with Crippen molar-refractivity contribution in [1.29, 1.82) is 0 Å². The van der Waals surface area contributed by atoms with Crippen LogP contribution in [0.4, 0.5) is 5.69 Å². The number of methoxy groups -OCH3 is 1. The van der Waals surface area contributed by atoms with Gasteiger partial charge in [-0.25, -0.2) is 0 Å². The van der Waals surface area contributed by atoms with Crippen molar-refractivity contribution < 1.29 is 9.53 Å². The van der Waals surface area contributed by atoms with Gasteiger partial charge in [-0.05, 0) is 31.0 Å². The molecule has 0 unspecified atom stereocenters. The van der Waals surface area contributed by atoms with Crippen molar-refractivity contribution in [3.8, 4) is 5.75 Å². The van der Waals surface area contributed by atoms with E-state index in [1.807, 2.05) is 0 Å². The van der Waals surface area contributed by atoms with E-state index in [9.17, 15) is 4.79 Å². The second-order valence-electron chi connectivity index (χ2n) is 5.31. The maximum absolute atomic E-state index is 12.7. The summed E-state index contributed by atoms with van der Waals surface area (Å²) < 4.78 is 5.24. The van der Waals surface area contributed by atoms with Crippen LogP contribution in [0, 0.1) is 5.41 Å². The van der Waals surface area contributed by atoms with Gasteiger partial charge < -0.3 is 15.8 Å². The Morgan fingerprint density at radius 1 is 1.38 bits per heavy atom. The number of rotatable bonds is 4. The highest BCUT2D eigenvalue weighted by molar-refractivity contribution is 7.80. The molecular formula is C15H19ClN2O2S. The first kappa shape index (κ1) is 16.0. The SMILES string of the molecule is COc1ccc(Cl)cc1NC(=O)C1(C(N)=S)CCCCC1. The predicted octanol–water partition coefficient (Wildman–Crippen LogP) is 3.52. The first-order valence-electron chi connectivity index (χ1n) is 6.94. The zero-order chi connectivity index (χ0) is 15.5. The molecule has 1 aromatic rings. The van der Waals surface area contributed by atoms with E-state index in [4.69, 9.17) is 34.3 Å². The lowest BCUT2D eigenvalue weighted by molar-refractivity contribution is -0.123. The van der Waals surface area contributed by atoms with E-state index in [1.54, 1.807) is 25.3 Å². The van der Waals surface area contributed by atoms with Crippen LogP contribution in [0.25, 0.3) is 0 Å². The largest absolute Gasteiger partial charge is 0.495 e. The molecule has 1 saturated carbocycles. The fraction of sp³-hybridized carbons (Fsp3) is 0.467. The number of anilines is 1. The van der Waals surface area contributed by atoms with E-state index < -0.39 is 5.41 Å². The average molecular weight is 327 g/mol. The molecule has 114 valence electrons. The van der Waals surface area contributed by atoms with Crippen molar-refractivity contribution in [3.63, 3.8) is 0 Å². The third-order valence-electron chi connectivity index (χ3n) is 4.02. The van der Waals surface area contributed by atoms with Crippen LogP contribution in [-0.2, 0) is 4.79 Å². The molecule has 0 atom stereocenters. The molecule has 1 amide bonds. The number of hydrogen-bond acceptors (Lipinski definition) is 3. The summed E-state index contributed by atoms with van der Waals surface area (Å²) in [5.41, 5.74) is 5.65. The number of halogens is 1. The highest BCUT2D eigenvalue weighted by Gasteiger charge is 2.42. The number of thiocarbonyl (C=S) groups is 1. The summed E-state index contributed by atoms with van der Waals surface area (Å²) in [6.07, 6.45) is 4.40. The smallest absolute Gasteiger partial charge is 0.237 e. The van der Waals surface area contributed by atoms with Gasteiger partial charge in [-0.2, -0.15) is 0 Å². The third-order valence-corrected chi connectivity index (χ3v) is 4.65. The number of carbonyl (C=O) groups is 1. The van der Waals surface area contributed by atoms with Crippen LogP contribution in [0.15, 0.2) is 18.2 Å². The van der Waals surface area contributed by atoms with Crippen LogP contribution in [0.3, 0.4) is 0 Å². The molecule has 6 heteroatoms. The minimum Gasteiger partial charge on any atom is -0.495 e. The molecule has 0 aliphatic heterocycles. The van der Waals surface area contributed by atoms with Crippen molar-refractivity contribution >= 4 is 40.4 Å². The van der Waals surface area contributed by atoms with Crippen LogP contribution >= 0.6 is 23.8 Å². The Morgan fingerprint density at radius 3 is 2.62 bits per heavy atom. The van der Waals surface area contributed by atoms with Gasteiger partial charge in [0.05, 0.1) is 23.2 Å². The maximum Gasteiger partial charge on any atom is 0.237 e. The summed E-state index contributed by atoms with van der Waals surface area (Å²) in [6, 6.07) is 5.08. The maximum atomic E-state index is 12.7. The highest BCUT2D eigenvalue weighted by Crippen LogP contribution is 2.39. The van der Waals surface area contributed by atoms with E-state index >= 15 is 0 Å². The van der Waals surface area contributed by atoms with Gasteiger partial charge >= 0.3 is 0 Å². The quantitative estimate of drug-likeness (QED) is 0.831. The van der Waals surface area contributed by atoms with Crippen LogP contribution in [-0.4, -0.2) is 18.0 Å². The summed E-state index contributed by atoms with van der Waals surface area (Å²) in [6.45, 7) is 0. The molecule has 1 fully saturated rings. The number of nitrogens with one attached hydrogen (secondary N) is 1. The molecular weight excluding hydrogens is 308 g/mol. The van der Waals surface area contributed by atoms with E-state index in [0.717, 1.165) is 19.3 Å². The summed E-state index contributed by atoms with van der Waals surface area (Å²) in [4.78, 5) is 13.0. The number of benzene rings is 1. The summed E-state index contributed by atoms with van der Waals surface area (Å²) >= 11 is 11.1. The lowest BCUT2D eigenvalue weighted by atomic mass is 9.73. The zero-order valence-corrected chi connectivity index (χ0v) is 13.5. The number of hydrogen-bond donors (Lipinski definition) is 2. The lowest BCUT2D eigenvalue weighted by Crippen LogP contribution is -2.47. The Kier molecular flexibility index (Phi) is 5.06. The number of ether oxygens (including phenoxy) is 1. The molecule has 0 aromatic heterocycles. The van der Waals surface area contributed by atoms with Crippen molar-refractivity contribution in [1.82, 2.24) is 0 Å². The van der Waals surface area contributed by atoms with Crippen molar-refractivity contribution in [3.05, 3.63) is 23.2 Å². The minimum absolute atomic E-state index is 0.171. The van der Waals surface area contributed by atoms with Crippen molar-refractivity contribution in [2.45, 2.75) is 32.1 Å². The minimum atomic E-state index is -0.763. The first-order chi connectivity index (χ1) is 9.99. The van der Waals surface area contributed by atoms with Gasteiger partial charge in [0.15, 0.2) is 0 Å². The van der Waals surface area contributed by atoms with Gasteiger partial charge in [-0.1, -0.05) is 43.1 Å². The third kappa shape index (κ3) is 3.30. The molecule has 1 aromatic carbocycles. The summed E-state index contributed by atoms with van der Waals surface area (Å²) in [7, 11) is 1.54. The predicted molar refractivity (Wildman–Crippen MR) is 88.9 cm³/mol. The normalized spacial score (nSPS) is 17.0. The van der Waals surface area contributed by atoms with Crippen LogP contribution in [0.1, 0.15) is 32.1 Å². The van der Waals surface area contributed by atoms with Crippen LogP contribution in [0.2, 0.25) is 5.02 Å². The van der Waals surface area contributed by atoms with E-state index in [-0.39, 0.29) is 10.9 Å². The fourth-order valence-electron chi connectivity index (χ4n) is 2.76. The van der Waals surface area contributed by atoms with E-state index in [0.29, 0.717) is 29.3 Å². The topological polar surface area (TPSA) is 64.3 Å². The lowest BCUT2D eigenvalue weighted by Gasteiger charge is -2.34. The monoisotopic (exact) mass is 326 g/mol. The first-order valence-corrected chi connectivity index (χ1v) is 7.73. The van der Waals surface area contributed by atoms with Gasteiger partial charge in [0.2, 0.25) is 5.91 Å². The Bertz CT molecular complexity index is 557. The standard InChI is InChI=1S/C15H19ClN2O2S/c1-20-12-6-5-10(16)9-11(12)18-14(19)15(13(17)21)7-3-2-4-8-15/h5-6,9H,2-4,7-8H2,1H3,(H2,17,21)(H,18,19). The molecule has 0 saturated heterocycles. The molecule has 0 bridgehead atoms. The highest BCUT2D eigenvalue weighted by atomic mass is 35.5. The van der Waals surface area contributed by atoms with Crippen molar-refractivity contribution in [2.75, 3.05) is 12.4 Å². The van der Waals surface area contributed by atoms with Crippen LogP contribution < -0.4 is 15.8 Å². The summed E-state index contributed by atoms with van der Waals surface area (Å²) in [5, 5.41) is 3.41. The van der Waals surface area contributed by atoms with Crippen molar-refractivity contribution in [2.24, 2.45) is 11.1 Å². The Balaban J connectivity index is 2.27. The molecule has 3 N–H and O–H groups in total. The Morgan fingerprint density at radius 2 is 2.05 bits per heavy atom. The molecule has 0 heterocycles. The molecule has 4 nitrogen and oxygen atoms in total. The fourth-order valence-corrected chi connectivity index (χ4v) is 3.23. The van der Waals surface area contributed by atoms with Gasteiger partial charge in [-0.3, -0.25) is 4.79 Å². The van der Waals surface area contributed by atoms with Gasteiger partial charge in [0.1, 0.15) is 5.75 Å². The second-order valence-corrected chi connectivity index (χ2v) is 6.18. The average Bonchev–Trinajstić information content (AvgIpc) is 2.48. The molecule has 0 spiro atoms. The second kappa shape index (κ2) is 6.62. The van der Waals surface area contributed by atoms with E-state index in [2.05, 4.69) is 5.32 Å². The van der Waals surface area contributed by atoms with E-state index in [1.165, 1.54) is 0 Å². The number of amides is 1. The molecule has 2 rings (SSSR count). The number of nitrogens with two attached hydrogens (primary N) is 1. The molecule has 1 aliphatic rings. The van der Waals surface area contributed by atoms with Gasteiger partial charge in [0.25, 0.3) is 0 Å². The Hall–Kier alpha value is -1.33. The van der Waals surface area contributed by atoms with Gasteiger partial charge in [-0.15, -0.1) is 0 Å².